The molecular formula is C14H17F3N6OS. The zero-order valence-electron chi connectivity index (χ0n) is 13.9. The third-order valence-corrected chi connectivity index (χ3v) is 4.97. The molecule has 1 fully saturated rings. The van der Waals surface area contributed by atoms with Crippen molar-refractivity contribution in [3.8, 4) is 0 Å². The van der Waals surface area contributed by atoms with Crippen LogP contribution in [0.3, 0.4) is 0 Å². The molecule has 0 aromatic carbocycles. The summed E-state index contributed by atoms with van der Waals surface area (Å²) in [6.45, 7) is 0.456. The Kier molecular flexibility index (Phi) is 4.52. The van der Waals surface area contributed by atoms with Crippen LogP contribution >= 0.6 is 11.8 Å². The zero-order chi connectivity index (χ0) is 18.4. The van der Waals surface area contributed by atoms with E-state index in [0.29, 0.717) is 23.9 Å². The summed E-state index contributed by atoms with van der Waals surface area (Å²) in [5, 5.41) is 12.4. The Morgan fingerprint density at radius 2 is 2.04 bits per heavy atom. The van der Waals surface area contributed by atoms with Crippen molar-refractivity contribution in [3.63, 3.8) is 0 Å². The van der Waals surface area contributed by atoms with Gasteiger partial charge in [0.2, 0.25) is 0 Å². The predicted molar refractivity (Wildman–Crippen MR) is 84.0 cm³/mol. The van der Waals surface area contributed by atoms with Crippen LogP contribution in [0.1, 0.15) is 40.9 Å². The highest BCUT2D eigenvalue weighted by Gasteiger charge is 2.39. The number of amides is 1. The van der Waals surface area contributed by atoms with Crippen molar-refractivity contribution >= 4 is 17.7 Å². The van der Waals surface area contributed by atoms with E-state index in [0.717, 1.165) is 17.2 Å². The van der Waals surface area contributed by atoms with Crippen LogP contribution in [0.25, 0.3) is 0 Å². The van der Waals surface area contributed by atoms with Crippen molar-refractivity contribution in [2.45, 2.75) is 30.2 Å². The Morgan fingerprint density at radius 3 is 2.60 bits per heavy atom. The van der Waals surface area contributed by atoms with E-state index in [2.05, 4.69) is 15.3 Å². The van der Waals surface area contributed by atoms with Crippen LogP contribution in [0.5, 0.6) is 0 Å². The normalized spacial score (nSPS) is 18.2. The minimum Gasteiger partial charge on any atom is -0.327 e. The summed E-state index contributed by atoms with van der Waals surface area (Å²) in [7, 11) is 3.15. The molecule has 1 amide bonds. The third kappa shape index (κ3) is 3.12. The van der Waals surface area contributed by atoms with Crippen LogP contribution in [0.2, 0.25) is 0 Å². The van der Waals surface area contributed by atoms with E-state index in [4.69, 9.17) is 0 Å². The molecular weight excluding hydrogens is 357 g/mol. The average molecular weight is 374 g/mol. The van der Waals surface area contributed by atoms with Gasteiger partial charge in [-0.2, -0.15) is 18.3 Å². The molecule has 1 aliphatic heterocycles. The number of carbonyl (C=O) groups is 1. The molecule has 1 atom stereocenters. The molecule has 2 aromatic rings. The summed E-state index contributed by atoms with van der Waals surface area (Å²) in [5.74, 6) is 0.148. The second-order valence-corrected chi connectivity index (χ2v) is 6.57. The number of aryl methyl sites for hydroxylation is 1. The van der Waals surface area contributed by atoms with E-state index in [1.165, 1.54) is 18.8 Å². The molecule has 1 aliphatic rings. The summed E-state index contributed by atoms with van der Waals surface area (Å²) in [5.41, 5.74) is -1.16. The van der Waals surface area contributed by atoms with E-state index < -0.39 is 17.8 Å². The quantitative estimate of drug-likeness (QED) is 0.771. The number of aromatic nitrogens is 5. The largest absolute Gasteiger partial charge is 0.435 e. The van der Waals surface area contributed by atoms with Crippen LogP contribution in [0.4, 0.5) is 13.2 Å². The highest BCUT2D eigenvalue weighted by atomic mass is 32.2. The zero-order valence-corrected chi connectivity index (χ0v) is 14.7. The van der Waals surface area contributed by atoms with Gasteiger partial charge in [0.1, 0.15) is 5.69 Å². The Labute approximate surface area is 146 Å². The lowest BCUT2D eigenvalue weighted by atomic mass is 10.2. The lowest BCUT2D eigenvalue weighted by Crippen LogP contribution is -2.33. The number of nitrogens with zero attached hydrogens (tertiary/aromatic N) is 6. The van der Waals surface area contributed by atoms with E-state index in [-0.39, 0.29) is 11.7 Å². The fourth-order valence-electron chi connectivity index (χ4n) is 3.03. The molecule has 7 nitrogen and oxygen atoms in total. The molecule has 0 N–H and O–H groups in total. The number of likely N-dealkylation sites (tertiary alicyclic amines) is 1. The first-order valence-corrected chi connectivity index (χ1v) is 8.82. The Bertz CT molecular complexity index is 799. The molecule has 1 saturated heterocycles. The number of hydrogen-bond donors (Lipinski definition) is 0. The fourth-order valence-corrected chi connectivity index (χ4v) is 3.52. The number of halogens is 3. The molecule has 0 aliphatic carbocycles. The Hall–Kier alpha value is -2.04. The van der Waals surface area contributed by atoms with Gasteiger partial charge in [-0.05, 0) is 19.1 Å². The molecule has 0 saturated carbocycles. The van der Waals surface area contributed by atoms with Gasteiger partial charge < -0.3 is 9.47 Å². The van der Waals surface area contributed by atoms with Gasteiger partial charge in [-0.1, -0.05) is 11.8 Å². The molecule has 0 radical (unpaired) electrons. The van der Waals surface area contributed by atoms with Gasteiger partial charge in [-0.25, -0.2) is 0 Å². The molecule has 0 bridgehead atoms. The number of carbonyl (C=O) groups excluding carboxylic acids is 1. The maximum absolute atomic E-state index is 12.8. The predicted octanol–water partition coefficient (Wildman–Crippen LogP) is 2.27. The average Bonchev–Trinajstić information content (AvgIpc) is 3.23. The van der Waals surface area contributed by atoms with Crippen LogP contribution in [-0.2, 0) is 20.3 Å². The molecule has 136 valence electrons. The first-order valence-electron chi connectivity index (χ1n) is 7.59. The Balaban J connectivity index is 1.91. The van der Waals surface area contributed by atoms with E-state index in [1.807, 2.05) is 17.9 Å². The number of hydrogen-bond acceptors (Lipinski definition) is 5. The van der Waals surface area contributed by atoms with Gasteiger partial charge in [0.25, 0.3) is 5.91 Å². The van der Waals surface area contributed by atoms with E-state index in [9.17, 15) is 18.0 Å². The van der Waals surface area contributed by atoms with Crippen molar-refractivity contribution in [2.75, 3.05) is 12.8 Å². The first kappa shape index (κ1) is 17.8. The van der Waals surface area contributed by atoms with Crippen molar-refractivity contribution in [1.82, 2.24) is 29.4 Å². The van der Waals surface area contributed by atoms with Gasteiger partial charge in [-0.15, -0.1) is 10.2 Å². The minimum atomic E-state index is -4.59. The molecule has 11 heteroatoms. The van der Waals surface area contributed by atoms with Gasteiger partial charge in [-0.3, -0.25) is 9.48 Å². The summed E-state index contributed by atoms with van der Waals surface area (Å²) in [4.78, 5) is 14.4. The van der Waals surface area contributed by atoms with Crippen LogP contribution in [0.15, 0.2) is 11.2 Å². The SMILES string of the molecule is CSc1nnc([C@H]2CCCN2C(=O)c2cc(C(F)(F)F)nn2C)n1C. The lowest BCUT2D eigenvalue weighted by Gasteiger charge is -2.23. The molecule has 0 spiro atoms. The highest BCUT2D eigenvalue weighted by molar-refractivity contribution is 7.98. The second kappa shape index (κ2) is 6.36. The van der Waals surface area contributed by atoms with Crippen LogP contribution < -0.4 is 0 Å². The molecule has 0 unspecified atom stereocenters. The topological polar surface area (TPSA) is 68.8 Å². The smallest absolute Gasteiger partial charge is 0.327 e. The minimum absolute atomic E-state index is 0.0912. The second-order valence-electron chi connectivity index (χ2n) is 5.80. The summed E-state index contributed by atoms with van der Waals surface area (Å²) in [6, 6.07) is 0.483. The molecule has 3 rings (SSSR count). The van der Waals surface area contributed by atoms with Crippen molar-refractivity contribution in [2.24, 2.45) is 14.1 Å². The molecule has 2 aromatic heterocycles. The molecule has 3 heterocycles. The summed E-state index contributed by atoms with van der Waals surface area (Å²) in [6.07, 6.45) is -1.27. The highest BCUT2D eigenvalue weighted by Crippen LogP contribution is 2.34. The van der Waals surface area contributed by atoms with Crippen molar-refractivity contribution < 1.29 is 18.0 Å². The number of rotatable bonds is 3. The number of thioether (sulfide) groups is 1. The maximum atomic E-state index is 12.8. The summed E-state index contributed by atoms with van der Waals surface area (Å²) < 4.78 is 41.3. The van der Waals surface area contributed by atoms with Gasteiger partial charge in [0, 0.05) is 26.7 Å². The molecule has 25 heavy (non-hydrogen) atoms. The van der Waals surface area contributed by atoms with Gasteiger partial charge >= 0.3 is 6.18 Å². The van der Waals surface area contributed by atoms with Crippen LogP contribution in [-0.4, -0.2) is 48.2 Å². The van der Waals surface area contributed by atoms with Gasteiger partial charge in [0.05, 0.1) is 6.04 Å². The van der Waals surface area contributed by atoms with E-state index in [1.54, 1.807) is 4.90 Å². The van der Waals surface area contributed by atoms with E-state index >= 15 is 0 Å². The van der Waals surface area contributed by atoms with Gasteiger partial charge in [0.15, 0.2) is 16.7 Å². The lowest BCUT2D eigenvalue weighted by molar-refractivity contribution is -0.141. The standard InChI is InChI=1S/C14H17F3N6OS/c1-21-11(18-19-13(21)25-3)8-5-4-6-23(8)12(24)9-7-10(14(15,16)17)20-22(9)2/h7-8H,4-6H2,1-3H3/t8-/m1/s1. The first-order chi connectivity index (χ1) is 11.7. The van der Waals surface area contributed by atoms with Crippen molar-refractivity contribution in [3.05, 3.63) is 23.3 Å². The maximum Gasteiger partial charge on any atom is 0.435 e. The summed E-state index contributed by atoms with van der Waals surface area (Å²) >= 11 is 1.44. The Morgan fingerprint density at radius 1 is 1.32 bits per heavy atom. The fraction of sp³-hybridized carbons (Fsp3) is 0.571. The van der Waals surface area contributed by atoms with Crippen LogP contribution in [0, 0.1) is 0 Å². The monoisotopic (exact) mass is 374 g/mol. The third-order valence-electron chi connectivity index (χ3n) is 4.25. The van der Waals surface area contributed by atoms with Crippen molar-refractivity contribution in [1.29, 1.82) is 0 Å². The number of alkyl halides is 3.